The molecule has 5 aromatic rings. The van der Waals surface area contributed by atoms with Crippen LogP contribution in [0.2, 0.25) is 0 Å². The molecule has 0 fully saturated rings. The zero-order chi connectivity index (χ0) is 21.2. The van der Waals surface area contributed by atoms with E-state index < -0.39 is 0 Å². The number of aromatic nitrogens is 2. The zero-order valence-electron chi connectivity index (χ0n) is 17.2. The molecule has 3 aromatic carbocycles. The van der Waals surface area contributed by atoms with E-state index in [0.717, 1.165) is 44.1 Å². The molecule has 0 amide bonds. The summed E-state index contributed by atoms with van der Waals surface area (Å²) < 4.78 is 11.4. The molecule has 2 aromatic heterocycles. The number of methoxy groups -OCH3 is 1. The minimum absolute atomic E-state index is 0.651. The maximum absolute atomic E-state index is 6.19. The van der Waals surface area contributed by atoms with Gasteiger partial charge in [0.2, 0.25) is 0 Å². The summed E-state index contributed by atoms with van der Waals surface area (Å²) in [5.41, 5.74) is 6.81. The number of nitrogens with zero attached hydrogens (tertiary/aromatic N) is 3. The van der Waals surface area contributed by atoms with Gasteiger partial charge in [0.05, 0.1) is 18.0 Å². The van der Waals surface area contributed by atoms with Crippen LogP contribution in [-0.2, 0) is 0 Å². The van der Waals surface area contributed by atoms with Crippen LogP contribution in [0.4, 0.5) is 5.82 Å². The molecule has 0 unspecified atom stereocenters. The van der Waals surface area contributed by atoms with E-state index in [2.05, 4.69) is 21.5 Å². The highest BCUT2D eigenvalue weighted by atomic mass is 16.5. The molecule has 5 rings (SSSR count). The molecule has 0 saturated carbocycles. The van der Waals surface area contributed by atoms with E-state index in [0.29, 0.717) is 11.6 Å². The van der Waals surface area contributed by atoms with Gasteiger partial charge in [-0.05, 0) is 55.5 Å². The van der Waals surface area contributed by atoms with Gasteiger partial charge in [-0.25, -0.2) is 9.97 Å². The quantitative estimate of drug-likeness (QED) is 0.409. The normalized spacial score (nSPS) is 11.7. The highest BCUT2D eigenvalue weighted by molar-refractivity contribution is 5.88. The SMILES string of the molecule is COc1ccc(-c2c/c(=N/Nc3ncnc4ccccc34)c3cc(C)ccc3o2)cc1. The van der Waals surface area contributed by atoms with Crippen molar-refractivity contribution >= 4 is 27.7 Å². The number of ether oxygens (including phenoxy) is 1. The molecule has 6 heteroatoms. The molecular weight excluding hydrogens is 388 g/mol. The summed E-state index contributed by atoms with van der Waals surface area (Å²) in [6.45, 7) is 2.05. The van der Waals surface area contributed by atoms with Crippen molar-refractivity contribution < 1.29 is 9.15 Å². The number of rotatable bonds is 4. The molecule has 0 aliphatic heterocycles. The number of benzene rings is 3. The maximum atomic E-state index is 6.19. The first-order valence-corrected chi connectivity index (χ1v) is 9.90. The number of hydrogen-bond acceptors (Lipinski definition) is 6. The first kappa shape index (κ1) is 18.8. The van der Waals surface area contributed by atoms with E-state index in [1.807, 2.05) is 73.7 Å². The van der Waals surface area contributed by atoms with Crippen LogP contribution in [0.5, 0.6) is 5.75 Å². The first-order valence-electron chi connectivity index (χ1n) is 9.90. The van der Waals surface area contributed by atoms with Crippen molar-refractivity contribution in [2.24, 2.45) is 5.10 Å². The Morgan fingerprint density at radius 1 is 0.903 bits per heavy atom. The van der Waals surface area contributed by atoms with Crippen LogP contribution < -0.4 is 15.5 Å². The lowest BCUT2D eigenvalue weighted by Gasteiger charge is -2.08. The number of fused-ring (bicyclic) bond motifs is 2. The van der Waals surface area contributed by atoms with Crippen LogP contribution in [0, 0.1) is 6.92 Å². The van der Waals surface area contributed by atoms with E-state index in [1.165, 1.54) is 6.33 Å². The van der Waals surface area contributed by atoms with Crippen LogP contribution in [0.25, 0.3) is 33.2 Å². The summed E-state index contributed by atoms with van der Waals surface area (Å²) in [7, 11) is 1.65. The molecule has 0 aliphatic rings. The highest BCUT2D eigenvalue weighted by Crippen LogP contribution is 2.25. The lowest BCUT2D eigenvalue weighted by molar-refractivity contribution is 0.415. The fourth-order valence-electron chi connectivity index (χ4n) is 3.48. The number of anilines is 1. The lowest BCUT2D eigenvalue weighted by Crippen LogP contribution is -2.08. The fraction of sp³-hybridized carbons (Fsp3) is 0.0800. The average molecular weight is 408 g/mol. The van der Waals surface area contributed by atoms with Gasteiger partial charge in [0.15, 0.2) is 5.82 Å². The van der Waals surface area contributed by atoms with E-state index in [9.17, 15) is 0 Å². The van der Waals surface area contributed by atoms with E-state index >= 15 is 0 Å². The number of para-hydroxylation sites is 1. The van der Waals surface area contributed by atoms with Crippen molar-refractivity contribution in [3.05, 3.63) is 90.0 Å². The van der Waals surface area contributed by atoms with Gasteiger partial charge in [0, 0.05) is 22.4 Å². The van der Waals surface area contributed by atoms with Gasteiger partial charge in [-0.15, -0.1) is 0 Å². The summed E-state index contributed by atoms with van der Waals surface area (Å²) >= 11 is 0. The smallest absolute Gasteiger partial charge is 0.157 e. The molecule has 0 saturated heterocycles. The third kappa shape index (κ3) is 3.71. The maximum Gasteiger partial charge on any atom is 0.157 e. The summed E-state index contributed by atoms with van der Waals surface area (Å²) in [5.74, 6) is 2.16. The molecule has 31 heavy (non-hydrogen) atoms. The number of aryl methyl sites for hydroxylation is 1. The van der Waals surface area contributed by atoms with Gasteiger partial charge in [-0.2, -0.15) is 5.10 Å². The molecule has 0 aliphatic carbocycles. The predicted molar refractivity (Wildman–Crippen MR) is 122 cm³/mol. The Labute approximate surface area is 178 Å². The second-order valence-electron chi connectivity index (χ2n) is 7.19. The predicted octanol–water partition coefficient (Wildman–Crippen LogP) is 5.29. The second-order valence-corrected chi connectivity index (χ2v) is 7.19. The fourth-order valence-corrected chi connectivity index (χ4v) is 3.48. The van der Waals surface area contributed by atoms with Crippen LogP contribution >= 0.6 is 0 Å². The Hall–Kier alpha value is -4.19. The average Bonchev–Trinajstić information content (AvgIpc) is 2.82. The summed E-state index contributed by atoms with van der Waals surface area (Å²) in [4.78, 5) is 8.67. The zero-order valence-corrected chi connectivity index (χ0v) is 17.2. The standard InChI is InChI=1S/C25H20N4O2/c1-16-7-12-23-20(13-16)22(14-24(31-23)17-8-10-18(30-2)11-9-17)28-29-25-19-5-3-4-6-21(19)26-15-27-25/h3-15H,1-2H3,(H,26,27,29)/b28-22-. The van der Waals surface area contributed by atoms with Gasteiger partial charge < -0.3 is 9.15 Å². The topological polar surface area (TPSA) is 72.5 Å². The molecule has 0 atom stereocenters. The number of nitrogens with one attached hydrogen (secondary N) is 1. The van der Waals surface area contributed by atoms with Gasteiger partial charge >= 0.3 is 0 Å². The van der Waals surface area contributed by atoms with Gasteiger partial charge in [-0.3, -0.25) is 5.43 Å². The van der Waals surface area contributed by atoms with E-state index in [1.54, 1.807) is 7.11 Å². The second kappa shape index (κ2) is 7.91. The van der Waals surface area contributed by atoms with Crippen LogP contribution in [0.1, 0.15) is 5.56 Å². The first-order chi connectivity index (χ1) is 15.2. The van der Waals surface area contributed by atoms with Crippen LogP contribution in [-0.4, -0.2) is 17.1 Å². The molecule has 6 nitrogen and oxygen atoms in total. The third-order valence-electron chi connectivity index (χ3n) is 5.10. The van der Waals surface area contributed by atoms with Crippen molar-refractivity contribution in [2.45, 2.75) is 6.92 Å². The van der Waals surface area contributed by atoms with Crippen molar-refractivity contribution in [1.82, 2.24) is 9.97 Å². The molecular formula is C25H20N4O2. The molecule has 152 valence electrons. The van der Waals surface area contributed by atoms with Crippen molar-refractivity contribution in [2.75, 3.05) is 12.5 Å². The molecule has 0 spiro atoms. The molecule has 1 N–H and O–H groups in total. The molecule has 0 radical (unpaired) electrons. The summed E-state index contributed by atoms with van der Waals surface area (Å²) in [6, 6.07) is 23.6. The van der Waals surface area contributed by atoms with Crippen LogP contribution in [0.3, 0.4) is 0 Å². The van der Waals surface area contributed by atoms with Crippen molar-refractivity contribution in [1.29, 1.82) is 0 Å². The minimum Gasteiger partial charge on any atom is -0.497 e. The number of hydrogen-bond donors (Lipinski definition) is 1. The van der Waals surface area contributed by atoms with E-state index in [4.69, 9.17) is 14.3 Å². The van der Waals surface area contributed by atoms with E-state index in [-0.39, 0.29) is 0 Å². The largest absolute Gasteiger partial charge is 0.497 e. The summed E-state index contributed by atoms with van der Waals surface area (Å²) in [6.07, 6.45) is 1.53. The molecule has 0 bridgehead atoms. The molecule has 2 heterocycles. The minimum atomic E-state index is 0.651. The Bertz CT molecular complexity index is 1450. The van der Waals surface area contributed by atoms with Gasteiger partial charge in [0.25, 0.3) is 0 Å². The lowest BCUT2D eigenvalue weighted by atomic mass is 10.1. The van der Waals surface area contributed by atoms with Crippen molar-refractivity contribution in [3.8, 4) is 17.1 Å². The van der Waals surface area contributed by atoms with Gasteiger partial charge in [0.1, 0.15) is 23.4 Å². The Kier molecular flexibility index (Phi) is 4.80. The Balaban J connectivity index is 1.66. The van der Waals surface area contributed by atoms with Crippen LogP contribution in [0.15, 0.2) is 88.6 Å². The third-order valence-corrected chi connectivity index (χ3v) is 5.10. The van der Waals surface area contributed by atoms with Crippen molar-refractivity contribution in [3.63, 3.8) is 0 Å². The summed E-state index contributed by atoms with van der Waals surface area (Å²) in [5, 5.41) is 7.28. The monoisotopic (exact) mass is 408 g/mol. The van der Waals surface area contributed by atoms with Gasteiger partial charge in [-0.1, -0.05) is 23.8 Å². The Morgan fingerprint density at radius 2 is 1.74 bits per heavy atom. The Morgan fingerprint density at radius 3 is 2.58 bits per heavy atom. The highest BCUT2D eigenvalue weighted by Gasteiger charge is 2.08.